The van der Waals surface area contributed by atoms with Crippen molar-refractivity contribution < 1.29 is 0 Å². The fraction of sp³-hybridized carbons (Fsp3) is 1.00. The third-order valence-electron chi connectivity index (χ3n) is 3.42. The van der Waals surface area contributed by atoms with E-state index in [2.05, 4.69) is 38.0 Å². The van der Waals surface area contributed by atoms with Crippen LogP contribution >= 0.6 is 0 Å². The second kappa shape index (κ2) is 5.13. The first-order valence-corrected chi connectivity index (χ1v) is 5.92. The lowest BCUT2D eigenvalue weighted by Gasteiger charge is -2.33. The van der Waals surface area contributed by atoms with Gasteiger partial charge in [0.2, 0.25) is 0 Å². The van der Waals surface area contributed by atoms with Crippen LogP contribution in [0.4, 0.5) is 0 Å². The number of nitrogens with zero attached hydrogens (tertiary/aromatic N) is 1. The van der Waals surface area contributed by atoms with E-state index in [0.717, 1.165) is 5.92 Å². The average molecular weight is 198 g/mol. The Morgan fingerprint density at radius 2 is 2.07 bits per heavy atom. The molecule has 0 aromatic rings. The molecule has 0 aromatic carbocycles. The summed E-state index contributed by atoms with van der Waals surface area (Å²) in [5.74, 6) is 0.911. The smallest absolute Gasteiger partial charge is 0.0122 e. The van der Waals surface area contributed by atoms with Crippen molar-refractivity contribution in [2.45, 2.75) is 45.6 Å². The Labute approximate surface area is 89.1 Å². The summed E-state index contributed by atoms with van der Waals surface area (Å²) >= 11 is 0. The lowest BCUT2D eigenvalue weighted by molar-refractivity contribution is 0.159. The van der Waals surface area contributed by atoms with E-state index in [1.165, 1.54) is 38.9 Å². The Hall–Kier alpha value is -0.0800. The number of hydrogen-bond acceptors (Lipinski definition) is 2. The SMILES string of the molecule is CN(CCC1CCCNC1)C(C)(C)C. The standard InChI is InChI=1S/C12H26N2/c1-12(2,3)14(4)9-7-11-6-5-8-13-10-11/h11,13H,5-10H2,1-4H3. The first-order chi connectivity index (χ1) is 6.50. The number of piperidine rings is 1. The molecule has 14 heavy (non-hydrogen) atoms. The molecule has 84 valence electrons. The molecule has 0 aliphatic carbocycles. The topological polar surface area (TPSA) is 15.3 Å². The van der Waals surface area contributed by atoms with E-state index in [1.54, 1.807) is 0 Å². The van der Waals surface area contributed by atoms with Crippen LogP contribution in [-0.2, 0) is 0 Å². The molecule has 1 fully saturated rings. The molecule has 0 amide bonds. The summed E-state index contributed by atoms with van der Waals surface area (Å²) in [5, 5.41) is 3.48. The lowest BCUT2D eigenvalue weighted by Crippen LogP contribution is -2.40. The van der Waals surface area contributed by atoms with Gasteiger partial charge in [0.05, 0.1) is 0 Å². The molecule has 0 radical (unpaired) electrons. The second-order valence-corrected chi connectivity index (χ2v) is 5.59. The van der Waals surface area contributed by atoms with Crippen LogP contribution in [0.2, 0.25) is 0 Å². The molecule has 1 aliphatic rings. The summed E-state index contributed by atoms with van der Waals surface area (Å²) < 4.78 is 0. The van der Waals surface area contributed by atoms with Crippen molar-refractivity contribution in [3.05, 3.63) is 0 Å². The first-order valence-electron chi connectivity index (χ1n) is 5.92. The van der Waals surface area contributed by atoms with Crippen molar-refractivity contribution in [2.75, 3.05) is 26.7 Å². The fourth-order valence-electron chi connectivity index (χ4n) is 1.88. The largest absolute Gasteiger partial charge is 0.316 e. The van der Waals surface area contributed by atoms with Gasteiger partial charge in [-0.3, -0.25) is 0 Å². The van der Waals surface area contributed by atoms with Crippen LogP contribution in [0.3, 0.4) is 0 Å². The van der Waals surface area contributed by atoms with E-state index in [9.17, 15) is 0 Å². The van der Waals surface area contributed by atoms with Gasteiger partial charge in [-0.25, -0.2) is 0 Å². The molecule has 2 nitrogen and oxygen atoms in total. The Balaban J connectivity index is 2.19. The highest BCUT2D eigenvalue weighted by Gasteiger charge is 2.19. The molecule has 2 heteroatoms. The minimum absolute atomic E-state index is 0.322. The summed E-state index contributed by atoms with van der Waals surface area (Å²) in [5.41, 5.74) is 0.322. The normalized spacial score (nSPS) is 24.2. The monoisotopic (exact) mass is 198 g/mol. The molecular formula is C12H26N2. The van der Waals surface area contributed by atoms with Crippen LogP contribution < -0.4 is 5.32 Å². The average Bonchev–Trinajstić information content (AvgIpc) is 2.14. The first kappa shape index (κ1) is 12.0. The van der Waals surface area contributed by atoms with E-state index in [-0.39, 0.29) is 0 Å². The molecule has 0 saturated carbocycles. The predicted octanol–water partition coefficient (Wildman–Crippen LogP) is 2.11. The van der Waals surface area contributed by atoms with Crippen LogP contribution in [0, 0.1) is 5.92 Å². The Morgan fingerprint density at radius 1 is 1.36 bits per heavy atom. The second-order valence-electron chi connectivity index (χ2n) is 5.59. The molecule has 0 bridgehead atoms. The molecule has 1 saturated heterocycles. The fourth-order valence-corrected chi connectivity index (χ4v) is 1.88. The van der Waals surface area contributed by atoms with E-state index in [1.807, 2.05) is 0 Å². The van der Waals surface area contributed by atoms with Crippen molar-refractivity contribution in [3.63, 3.8) is 0 Å². The zero-order valence-corrected chi connectivity index (χ0v) is 10.3. The van der Waals surface area contributed by atoms with Crippen molar-refractivity contribution in [1.82, 2.24) is 10.2 Å². The summed E-state index contributed by atoms with van der Waals surface area (Å²) in [7, 11) is 2.23. The van der Waals surface area contributed by atoms with Crippen LogP contribution in [0.25, 0.3) is 0 Å². The van der Waals surface area contributed by atoms with Gasteiger partial charge >= 0.3 is 0 Å². The van der Waals surface area contributed by atoms with Crippen LogP contribution in [0.1, 0.15) is 40.0 Å². The van der Waals surface area contributed by atoms with Gasteiger partial charge in [0.1, 0.15) is 0 Å². The van der Waals surface area contributed by atoms with Crippen molar-refractivity contribution in [3.8, 4) is 0 Å². The maximum atomic E-state index is 3.48. The van der Waals surface area contributed by atoms with Gasteiger partial charge in [-0.2, -0.15) is 0 Å². The van der Waals surface area contributed by atoms with Gasteiger partial charge in [0, 0.05) is 5.54 Å². The van der Waals surface area contributed by atoms with E-state index >= 15 is 0 Å². The number of rotatable bonds is 3. The Kier molecular flexibility index (Phi) is 4.39. The maximum Gasteiger partial charge on any atom is 0.0122 e. The van der Waals surface area contributed by atoms with Gasteiger partial charge in [-0.15, -0.1) is 0 Å². The van der Waals surface area contributed by atoms with Gasteiger partial charge in [0.15, 0.2) is 0 Å². The minimum Gasteiger partial charge on any atom is -0.316 e. The molecule has 1 N–H and O–H groups in total. The highest BCUT2D eigenvalue weighted by molar-refractivity contribution is 4.75. The van der Waals surface area contributed by atoms with Crippen molar-refractivity contribution in [1.29, 1.82) is 0 Å². The van der Waals surface area contributed by atoms with E-state index in [4.69, 9.17) is 0 Å². The quantitative estimate of drug-likeness (QED) is 0.747. The maximum absolute atomic E-state index is 3.48. The van der Waals surface area contributed by atoms with Crippen molar-refractivity contribution >= 4 is 0 Å². The van der Waals surface area contributed by atoms with Crippen LogP contribution in [0.5, 0.6) is 0 Å². The lowest BCUT2D eigenvalue weighted by atomic mass is 9.95. The van der Waals surface area contributed by atoms with Crippen LogP contribution in [-0.4, -0.2) is 37.1 Å². The molecule has 0 aromatic heterocycles. The Morgan fingerprint density at radius 3 is 2.57 bits per heavy atom. The van der Waals surface area contributed by atoms with Crippen molar-refractivity contribution in [2.24, 2.45) is 5.92 Å². The van der Waals surface area contributed by atoms with Gasteiger partial charge in [-0.1, -0.05) is 0 Å². The molecule has 1 aliphatic heterocycles. The van der Waals surface area contributed by atoms with Crippen LogP contribution in [0.15, 0.2) is 0 Å². The Bertz CT molecular complexity index is 154. The third-order valence-corrected chi connectivity index (χ3v) is 3.42. The third kappa shape index (κ3) is 3.97. The molecular weight excluding hydrogens is 172 g/mol. The summed E-state index contributed by atoms with van der Waals surface area (Å²) in [4.78, 5) is 2.46. The van der Waals surface area contributed by atoms with Gasteiger partial charge in [0.25, 0.3) is 0 Å². The highest BCUT2D eigenvalue weighted by atomic mass is 15.1. The van der Waals surface area contributed by atoms with Gasteiger partial charge < -0.3 is 10.2 Å². The molecule has 1 rings (SSSR count). The zero-order chi connectivity index (χ0) is 10.6. The summed E-state index contributed by atoms with van der Waals surface area (Å²) in [6.45, 7) is 10.5. The van der Waals surface area contributed by atoms with E-state index in [0.29, 0.717) is 5.54 Å². The zero-order valence-electron chi connectivity index (χ0n) is 10.3. The number of nitrogens with one attached hydrogen (secondary N) is 1. The van der Waals surface area contributed by atoms with Gasteiger partial charge in [-0.05, 0) is 72.6 Å². The predicted molar refractivity (Wildman–Crippen MR) is 62.6 cm³/mol. The molecule has 1 atom stereocenters. The van der Waals surface area contributed by atoms with E-state index < -0.39 is 0 Å². The minimum atomic E-state index is 0.322. The highest BCUT2D eigenvalue weighted by Crippen LogP contribution is 2.17. The summed E-state index contributed by atoms with van der Waals surface area (Å²) in [6.07, 6.45) is 4.13. The number of hydrogen-bond donors (Lipinski definition) is 1. The molecule has 1 heterocycles. The molecule has 1 unspecified atom stereocenters. The summed E-state index contributed by atoms with van der Waals surface area (Å²) in [6, 6.07) is 0. The molecule has 0 spiro atoms.